The Balaban J connectivity index is 2.62. The maximum Gasteiger partial charge on any atom is 0.164 e. The standard InChI is InChI=1S/C12H14O3/c1-7-4-10(13)9-5-8(14-2)6-11(15-3)12(7)9/h5-7H,4H2,1-3H3. The molecular formula is C12H14O3. The minimum atomic E-state index is 0.176. The van der Waals surface area contributed by atoms with Crippen LogP contribution in [-0.4, -0.2) is 20.0 Å². The van der Waals surface area contributed by atoms with Crippen molar-refractivity contribution in [3.8, 4) is 11.5 Å². The molecule has 80 valence electrons. The van der Waals surface area contributed by atoms with E-state index in [2.05, 4.69) is 0 Å². The molecule has 1 aliphatic carbocycles. The van der Waals surface area contributed by atoms with Gasteiger partial charge >= 0.3 is 0 Å². The molecule has 0 bridgehead atoms. The molecule has 1 atom stereocenters. The quantitative estimate of drug-likeness (QED) is 0.745. The van der Waals surface area contributed by atoms with Gasteiger partial charge in [-0.15, -0.1) is 0 Å². The monoisotopic (exact) mass is 206 g/mol. The summed E-state index contributed by atoms with van der Waals surface area (Å²) in [6.07, 6.45) is 0.568. The predicted octanol–water partition coefficient (Wildman–Crippen LogP) is 2.39. The molecule has 0 amide bonds. The van der Waals surface area contributed by atoms with Crippen LogP contribution in [0, 0.1) is 0 Å². The molecule has 1 unspecified atom stereocenters. The van der Waals surface area contributed by atoms with E-state index in [4.69, 9.17) is 9.47 Å². The highest BCUT2D eigenvalue weighted by molar-refractivity contribution is 6.02. The lowest BCUT2D eigenvalue weighted by Crippen LogP contribution is -1.96. The van der Waals surface area contributed by atoms with Crippen molar-refractivity contribution in [2.45, 2.75) is 19.3 Å². The number of ketones is 1. The highest BCUT2D eigenvalue weighted by Gasteiger charge is 2.30. The molecule has 2 rings (SSSR count). The molecule has 3 heteroatoms. The van der Waals surface area contributed by atoms with Crippen LogP contribution in [0.2, 0.25) is 0 Å². The molecule has 1 aromatic carbocycles. The summed E-state index contributed by atoms with van der Waals surface area (Å²) in [6, 6.07) is 3.62. The fourth-order valence-electron chi connectivity index (χ4n) is 2.12. The molecule has 15 heavy (non-hydrogen) atoms. The molecule has 0 saturated carbocycles. The van der Waals surface area contributed by atoms with E-state index in [-0.39, 0.29) is 11.7 Å². The lowest BCUT2D eigenvalue weighted by Gasteiger charge is -2.11. The molecule has 1 aliphatic rings. The van der Waals surface area contributed by atoms with Crippen molar-refractivity contribution in [1.29, 1.82) is 0 Å². The summed E-state index contributed by atoms with van der Waals surface area (Å²) in [5, 5.41) is 0. The zero-order valence-corrected chi connectivity index (χ0v) is 9.16. The third-order valence-electron chi connectivity index (χ3n) is 2.86. The van der Waals surface area contributed by atoms with Crippen molar-refractivity contribution < 1.29 is 14.3 Å². The summed E-state index contributed by atoms with van der Waals surface area (Å²) in [5.74, 6) is 1.85. The Bertz CT molecular complexity index is 410. The van der Waals surface area contributed by atoms with Gasteiger partial charge in [0, 0.05) is 23.6 Å². The van der Waals surface area contributed by atoms with Crippen molar-refractivity contribution >= 4 is 5.78 Å². The van der Waals surface area contributed by atoms with E-state index in [0.717, 1.165) is 16.9 Å². The van der Waals surface area contributed by atoms with Crippen LogP contribution in [0.4, 0.5) is 0 Å². The number of ether oxygens (including phenoxy) is 2. The number of methoxy groups -OCH3 is 2. The first-order chi connectivity index (χ1) is 7.17. The Morgan fingerprint density at radius 3 is 2.60 bits per heavy atom. The average Bonchev–Trinajstić information content (AvgIpc) is 2.53. The van der Waals surface area contributed by atoms with E-state index in [1.807, 2.05) is 13.0 Å². The highest BCUT2D eigenvalue weighted by Crippen LogP contribution is 2.41. The molecule has 0 heterocycles. The number of carbonyl (C=O) groups excluding carboxylic acids is 1. The van der Waals surface area contributed by atoms with E-state index >= 15 is 0 Å². The van der Waals surface area contributed by atoms with Gasteiger partial charge in [0.2, 0.25) is 0 Å². The van der Waals surface area contributed by atoms with Gasteiger partial charge in [0.25, 0.3) is 0 Å². The first-order valence-electron chi connectivity index (χ1n) is 4.96. The molecule has 1 aromatic rings. The number of hydrogen-bond acceptors (Lipinski definition) is 3. The van der Waals surface area contributed by atoms with E-state index < -0.39 is 0 Å². The average molecular weight is 206 g/mol. The Labute approximate surface area is 89.0 Å². The molecule has 0 saturated heterocycles. The fourth-order valence-corrected chi connectivity index (χ4v) is 2.12. The number of rotatable bonds is 2. The van der Waals surface area contributed by atoms with Crippen molar-refractivity contribution in [1.82, 2.24) is 0 Å². The fraction of sp³-hybridized carbons (Fsp3) is 0.417. The molecular weight excluding hydrogens is 192 g/mol. The van der Waals surface area contributed by atoms with Gasteiger partial charge in [0.1, 0.15) is 11.5 Å². The first kappa shape index (κ1) is 10.0. The third kappa shape index (κ3) is 1.48. The van der Waals surface area contributed by atoms with Gasteiger partial charge in [0.15, 0.2) is 5.78 Å². The van der Waals surface area contributed by atoms with Crippen molar-refractivity contribution in [3.05, 3.63) is 23.3 Å². The largest absolute Gasteiger partial charge is 0.497 e. The maximum atomic E-state index is 11.7. The van der Waals surface area contributed by atoms with E-state index in [1.165, 1.54) is 0 Å². The third-order valence-corrected chi connectivity index (χ3v) is 2.86. The Morgan fingerprint density at radius 2 is 2.00 bits per heavy atom. The van der Waals surface area contributed by atoms with Gasteiger partial charge in [-0.2, -0.15) is 0 Å². The minimum Gasteiger partial charge on any atom is -0.497 e. The van der Waals surface area contributed by atoms with Gasteiger partial charge < -0.3 is 9.47 Å². The van der Waals surface area contributed by atoms with Crippen LogP contribution < -0.4 is 9.47 Å². The van der Waals surface area contributed by atoms with Gasteiger partial charge in [-0.05, 0) is 12.0 Å². The Hall–Kier alpha value is -1.51. The number of fused-ring (bicyclic) bond motifs is 1. The number of benzene rings is 1. The Morgan fingerprint density at radius 1 is 1.27 bits per heavy atom. The summed E-state index contributed by atoms with van der Waals surface area (Å²) in [4.78, 5) is 11.7. The van der Waals surface area contributed by atoms with Crippen LogP contribution in [0.25, 0.3) is 0 Å². The van der Waals surface area contributed by atoms with Crippen LogP contribution in [-0.2, 0) is 0 Å². The van der Waals surface area contributed by atoms with Gasteiger partial charge in [-0.3, -0.25) is 4.79 Å². The van der Waals surface area contributed by atoms with Crippen LogP contribution in [0.1, 0.15) is 35.2 Å². The second-order valence-corrected chi connectivity index (χ2v) is 3.82. The van der Waals surface area contributed by atoms with Gasteiger partial charge in [-0.1, -0.05) is 6.92 Å². The summed E-state index contributed by atoms with van der Waals surface area (Å²) in [6.45, 7) is 2.04. The zero-order valence-electron chi connectivity index (χ0n) is 9.16. The number of Topliss-reactive ketones (excluding diaryl/α,β-unsaturated/α-hetero) is 1. The van der Waals surface area contributed by atoms with E-state index in [0.29, 0.717) is 12.2 Å². The van der Waals surface area contributed by atoms with Gasteiger partial charge in [-0.25, -0.2) is 0 Å². The lowest BCUT2D eigenvalue weighted by molar-refractivity contribution is 0.0990. The molecule has 3 nitrogen and oxygen atoms in total. The topological polar surface area (TPSA) is 35.5 Å². The number of hydrogen-bond donors (Lipinski definition) is 0. The summed E-state index contributed by atoms with van der Waals surface area (Å²) < 4.78 is 10.4. The molecule has 0 radical (unpaired) electrons. The second kappa shape index (κ2) is 3.57. The van der Waals surface area contributed by atoms with Gasteiger partial charge in [0.05, 0.1) is 14.2 Å². The molecule has 0 fully saturated rings. The second-order valence-electron chi connectivity index (χ2n) is 3.82. The van der Waals surface area contributed by atoms with Crippen LogP contribution in [0.15, 0.2) is 12.1 Å². The number of carbonyl (C=O) groups is 1. The molecule has 0 aliphatic heterocycles. The smallest absolute Gasteiger partial charge is 0.164 e. The molecule has 0 spiro atoms. The normalized spacial score (nSPS) is 18.9. The summed E-state index contributed by atoms with van der Waals surface area (Å²) in [7, 11) is 3.20. The SMILES string of the molecule is COc1cc(OC)c2c(c1)C(=O)CC2C. The van der Waals surface area contributed by atoms with Crippen LogP contribution >= 0.6 is 0 Å². The first-order valence-corrected chi connectivity index (χ1v) is 4.96. The molecule has 0 aromatic heterocycles. The highest BCUT2D eigenvalue weighted by atomic mass is 16.5. The van der Waals surface area contributed by atoms with E-state index in [9.17, 15) is 4.79 Å². The maximum absolute atomic E-state index is 11.7. The van der Waals surface area contributed by atoms with Crippen molar-refractivity contribution in [2.24, 2.45) is 0 Å². The zero-order chi connectivity index (χ0) is 11.0. The van der Waals surface area contributed by atoms with Crippen LogP contribution in [0.3, 0.4) is 0 Å². The van der Waals surface area contributed by atoms with Crippen molar-refractivity contribution in [3.63, 3.8) is 0 Å². The van der Waals surface area contributed by atoms with Crippen LogP contribution in [0.5, 0.6) is 11.5 Å². The lowest BCUT2D eigenvalue weighted by atomic mass is 10.0. The van der Waals surface area contributed by atoms with E-state index in [1.54, 1.807) is 20.3 Å². The summed E-state index contributed by atoms with van der Waals surface area (Å²) in [5.41, 5.74) is 1.77. The summed E-state index contributed by atoms with van der Waals surface area (Å²) >= 11 is 0. The molecule has 0 N–H and O–H groups in total. The van der Waals surface area contributed by atoms with Crippen molar-refractivity contribution in [2.75, 3.05) is 14.2 Å². The minimum absolute atomic E-state index is 0.176. The Kier molecular flexibility index (Phi) is 2.39. The predicted molar refractivity (Wildman–Crippen MR) is 56.9 cm³/mol.